The van der Waals surface area contributed by atoms with Gasteiger partial charge in [0.1, 0.15) is 19.0 Å². The van der Waals surface area contributed by atoms with Gasteiger partial charge in [-0.1, -0.05) is 0 Å². The number of nitrogens with one attached hydrogen (secondary N) is 1. The summed E-state index contributed by atoms with van der Waals surface area (Å²) in [6.45, 7) is 0.629. The zero-order valence-corrected chi connectivity index (χ0v) is 15.2. The molecule has 4 rings (SSSR count). The summed E-state index contributed by atoms with van der Waals surface area (Å²) in [4.78, 5) is 9.88. The standard InChI is InChI=1S/C17H17BrN5O2/c1-24-22-6-2-4-12(11-22)9-19-16-8-14(15-5-3-7-25-15)21-17-13(18)10-20-23(16)17/h2-4,6-8,10-11,15,19H,5,9H2,1H3/q+1. The van der Waals surface area contributed by atoms with E-state index in [4.69, 9.17) is 9.57 Å². The lowest BCUT2D eigenvalue weighted by molar-refractivity contribution is -0.885. The van der Waals surface area contributed by atoms with Gasteiger partial charge in [0.05, 0.1) is 22.6 Å². The SMILES string of the molecule is CO[n+]1cccc(CNc2cc(C3CC=CO3)nc3c(Br)cnn23)c1. The summed E-state index contributed by atoms with van der Waals surface area (Å²) in [5.74, 6) is 0.856. The van der Waals surface area contributed by atoms with E-state index in [0.29, 0.717) is 6.54 Å². The molecule has 0 saturated heterocycles. The van der Waals surface area contributed by atoms with Crippen LogP contribution in [0.2, 0.25) is 0 Å². The van der Waals surface area contributed by atoms with E-state index in [1.807, 2.05) is 36.7 Å². The number of halogens is 1. The molecule has 0 saturated carbocycles. The molecule has 0 spiro atoms. The number of aromatic nitrogens is 4. The predicted octanol–water partition coefficient (Wildman–Crippen LogP) is 2.42. The average Bonchev–Trinajstić information content (AvgIpc) is 3.30. The van der Waals surface area contributed by atoms with Gasteiger partial charge in [0.2, 0.25) is 12.4 Å². The normalized spacial score (nSPS) is 16.2. The fourth-order valence-corrected chi connectivity index (χ4v) is 3.08. The van der Waals surface area contributed by atoms with Crippen LogP contribution in [0, 0.1) is 0 Å². The first-order valence-electron chi connectivity index (χ1n) is 7.88. The van der Waals surface area contributed by atoms with Crippen LogP contribution in [0.25, 0.3) is 5.65 Å². The summed E-state index contributed by atoms with van der Waals surface area (Å²) < 4.78 is 9.91. The van der Waals surface area contributed by atoms with Crippen molar-refractivity contribution >= 4 is 27.4 Å². The third-order valence-corrected chi connectivity index (χ3v) is 4.55. The van der Waals surface area contributed by atoms with Crippen LogP contribution in [0.1, 0.15) is 23.8 Å². The van der Waals surface area contributed by atoms with Gasteiger partial charge in [-0.3, -0.25) is 4.84 Å². The molecule has 3 aromatic heterocycles. The second kappa shape index (κ2) is 6.72. The minimum Gasteiger partial charge on any atom is -0.492 e. The van der Waals surface area contributed by atoms with Crippen LogP contribution in [0.15, 0.2) is 53.6 Å². The van der Waals surface area contributed by atoms with E-state index in [-0.39, 0.29) is 6.10 Å². The first kappa shape index (κ1) is 15.9. The maximum Gasteiger partial charge on any atom is 0.227 e. The molecular weight excluding hydrogens is 386 g/mol. The second-order valence-electron chi connectivity index (χ2n) is 5.63. The highest BCUT2D eigenvalue weighted by molar-refractivity contribution is 9.10. The number of nitrogens with zero attached hydrogens (tertiary/aromatic N) is 4. The van der Waals surface area contributed by atoms with Gasteiger partial charge in [0.15, 0.2) is 5.65 Å². The van der Waals surface area contributed by atoms with Crippen molar-refractivity contribution in [2.24, 2.45) is 0 Å². The molecule has 128 valence electrons. The summed E-state index contributed by atoms with van der Waals surface area (Å²) >= 11 is 3.51. The van der Waals surface area contributed by atoms with E-state index in [1.54, 1.807) is 28.8 Å². The summed E-state index contributed by atoms with van der Waals surface area (Å²) in [6.07, 6.45) is 10.0. The van der Waals surface area contributed by atoms with E-state index < -0.39 is 0 Å². The van der Waals surface area contributed by atoms with Gasteiger partial charge in [-0.2, -0.15) is 9.61 Å². The Morgan fingerprint density at radius 2 is 2.44 bits per heavy atom. The molecule has 1 N–H and O–H groups in total. The van der Waals surface area contributed by atoms with Crippen molar-refractivity contribution in [3.05, 3.63) is 64.9 Å². The van der Waals surface area contributed by atoms with E-state index in [2.05, 4.69) is 31.3 Å². The van der Waals surface area contributed by atoms with Crippen LogP contribution in [0.5, 0.6) is 0 Å². The Balaban J connectivity index is 1.65. The highest BCUT2D eigenvalue weighted by atomic mass is 79.9. The van der Waals surface area contributed by atoms with Gasteiger partial charge in [-0.25, -0.2) is 4.98 Å². The molecule has 0 aromatic carbocycles. The first-order chi connectivity index (χ1) is 12.2. The number of hydrogen-bond acceptors (Lipinski definition) is 5. The van der Waals surface area contributed by atoms with Gasteiger partial charge in [-0.15, -0.1) is 0 Å². The van der Waals surface area contributed by atoms with Gasteiger partial charge < -0.3 is 10.1 Å². The second-order valence-corrected chi connectivity index (χ2v) is 6.49. The van der Waals surface area contributed by atoms with Gasteiger partial charge in [0, 0.05) is 35.4 Å². The van der Waals surface area contributed by atoms with Crippen molar-refractivity contribution in [2.45, 2.75) is 19.1 Å². The molecule has 25 heavy (non-hydrogen) atoms. The third-order valence-electron chi connectivity index (χ3n) is 3.99. The Labute approximate surface area is 153 Å². The van der Waals surface area contributed by atoms with Crippen molar-refractivity contribution in [3.63, 3.8) is 0 Å². The van der Waals surface area contributed by atoms with E-state index in [1.165, 1.54) is 0 Å². The largest absolute Gasteiger partial charge is 0.492 e. The van der Waals surface area contributed by atoms with Crippen molar-refractivity contribution in [1.82, 2.24) is 14.6 Å². The molecule has 1 aliphatic rings. The Morgan fingerprint density at radius 1 is 1.52 bits per heavy atom. The maximum atomic E-state index is 5.62. The molecule has 8 heteroatoms. The van der Waals surface area contributed by atoms with Crippen LogP contribution in [-0.4, -0.2) is 21.7 Å². The highest BCUT2D eigenvalue weighted by Crippen LogP contribution is 2.29. The summed E-state index contributed by atoms with van der Waals surface area (Å²) in [5.41, 5.74) is 2.72. The first-order valence-corrected chi connectivity index (χ1v) is 8.67. The smallest absolute Gasteiger partial charge is 0.227 e. The van der Waals surface area contributed by atoms with Crippen molar-refractivity contribution < 1.29 is 14.3 Å². The molecule has 0 radical (unpaired) electrons. The molecule has 0 bridgehead atoms. The van der Waals surface area contributed by atoms with Crippen LogP contribution < -0.4 is 14.9 Å². The van der Waals surface area contributed by atoms with Crippen LogP contribution in [-0.2, 0) is 11.3 Å². The zero-order valence-electron chi connectivity index (χ0n) is 13.6. The fourth-order valence-electron chi connectivity index (χ4n) is 2.73. The lowest BCUT2D eigenvalue weighted by Gasteiger charge is -2.14. The Morgan fingerprint density at radius 3 is 3.24 bits per heavy atom. The number of pyridine rings is 1. The highest BCUT2D eigenvalue weighted by Gasteiger charge is 2.19. The molecule has 3 aromatic rings. The van der Waals surface area contributed by atoms with Crippen LogP contribution in [0.4, 0.5) is 5.82 Å². The van der Waals surface area contributed by atoms with Gasteiger partial charge >= 0.3 is 0 Å². The average molecular weight is 403 g/mol. The molecule has 0 fully saturated rings. The number of hydrogen-bond donors (Lipinski definition) is 1. The molecule has 1 unspecified atom stereocenters. The minimum atomic E-state index is -0.0558. The summed E-state index contributed by atoms with van der Waals surface area (Å²) in [6, 6.07) is 5.96. The van der Waals surface area contributed by atoms with Crippen LogP contribution in [0.3, 0.4) is 0 Å². The topological polar surface area (TPSA) is 64.6 Å². The molecule has 1 atom stereocenters. The van der Waals surface area contributed by atoms with Gasteiger partial charge in [-0.05, 0) is 28.1 Å². The van der Waals surface area contributed by atoms with Crippen molar-refractivity contribution in [3.8, 4) is 0 Å². The Hall–Kier alpha value is -2.61. The summed E-state index contributed by atoms with van der Waals surface area (Å²) in [5, 5.41) is 7.82. The molecule has 4 heterocycles. The molecule has 1 aliphatic heterocycles. The van der Waals surface area contributed by atoms with E-state index in [0.717, 1.165) is 33.6 Å². The Kier molecular flexibility index (Phi) is 4.27. The summed E-state index contributed by atoms with van der Waals surface area (Å²) in [7, 11) is 1.63. The van der Waals surface area contributed by atoms with E-state index >= 15 is 0 Å². The van der Waals surface area contributed by atoms with Crippen molar-refractivity contribution in [1.29, 1.82) is 0 Å². The number of fused-ring (bicyclic) bond motifs is 1. The quantitative estimate of drug-likeness (QED) is 0.663. The zero-order chi connectivity index (χ0) is 17.2. The lowest BCUT2D eigenvalue weighted by atomic mass is 10.2. The Bertz CT molecular complexity index is 932. The molecule has 0 aliphatic carbocycles. The maximum absolute atomic E-state index is 5.62. The molecule has 0 amide bonds. The van der Waals surface area contributed by atoms with Gasteiger partial charge in [0.25, 0.3) is 0 Å². The number of rotatable bonds is 5. The number of anilines is 1. The third kappa shape index (κ3) is 3.17. The monoisotopic (exact) mass is 402 g/mol. The minimum absolute atomic E-state index is 0.0558. The number of ether oxygens (including phenoxy) is 1. The van der Waals surface area contributed by atoms with Crippen molar-refractivity contribution in [2.75, 3.05) is 12.4 Å². The molecule has 7 nitrogen and oxygen atoms in total. The fraction of sp³-hybridized carbons (Fsp3) is 0.235. The molecular formula is C17H17BrN5O2+. The van der Waals surface area contributed by atoms with Crippen LogP contribution >= 0.6 is 15.9 Å². The van der Waals surface area contributed by atoms with E-state index in [9.17, 15) is 0 Å². The lowest BCUT2D eigenvalue weighted by Crippen LogP contribution is -2.40. The predicted molar refractivity (Wildman–Crippen MR) is 94.7 cm³/mol.